The van der Waals surface area contributed by atoms with Gasteiger partial charge in [0, 0.05) is 18.8 Å². The van der Waals surface area contributed by atoms with Crippen molar-refractivity contribution < 1.29 is 9.90 Å². The molecule has 0 bridgehead atoms. The van der Waals surface area contributed by atoms with Crippen LogP contribution >= 0.6 is 0 Å². The number of aromatic carboxylic acids is 1. The van der Waals surface area contributed by atoms with Gasteiger partial charge in [-0.25, -0.2) is 9.78 Å². The molecule has 2 rings (SSSR count). The van der Waals surface area contributed by atoms with Gasteiger partial charge in [-0.2, -0.15) is 0 Å². The Morgan fingerprint density at radius 1 is 1.42 bits per heavy atom. The molecule has 0 radical (unpaired) electrons. The molecule has 4 heteroatoms. The third-order valence-electron chi connectivity index (χ3n) is 3.96. The van der Waals surface area contributed by atoms with Gasteiger partial charge >= 0.3 is 5.97 Å². The number of aryl methyl sites for hydroxylation is 1. The van der Waals surface area contributed by atoms with Crippen LogP contribution in [0.1, 0.15) is 43.2 Å². The van der Waals surface area contributed by atoms with Crippen molar-refractivity contribution in [2.75, 3.05) is 18.0 Å². The summed E-state index contributed by atoms with van der Waals surface area (Å²) >= 11 is 0. The third kappa shape index (κ3) is 2.88. The maximum Gasteiger partial charge on any atom is 0.339 e. The quantitative estimate of drug-likeness (QED) is 0.890. The molecule has 0 aliphatic carbocycles. The van der Waals surface area contributed by atoms with Crippen LogP contribution in [0, 0.1) is 18.3 Å². The molecular weight excluding hydrogens is 240 g/mol. The average molecular weight is 262 g/mol. The predicted molar refractivity (Wildman–Crippen MR) is 75.7 cm³/mol. The highest BCUT2D eigenvalue weighted by Gasteiger charge is 2.33. The van der Waals surface area contributed by atoms with Crippen LogP contribution in [0.2, 0.25) is 0 Å². The van der Waals surface area contributed by atoms with E-state index in [2.05, 4.69) is 30.7 Å². The zero-order valence-electron chi connectivity index (χ0n) is 12.1. The van der Waals surface area contributed by atoms with Crippen molar-refractivity contribution in [3.63, 3.8) is 0 Å². The summed E-state index contributed by atoms with van der Waals surface area (Å²) in [6.07, 6.45) is 1.10. The van der Waals surface area contributed by atoms with E-state index in [0.717, 1.165) is 25.2 Å². The minimum Gasteiger partial charge on any atom is -0.478 e. The molecular formula is C15H22N2O2. The molecule has 1 saturated heterocycles. The van der Waals surface area contributed by atoms with E-state index < -0.39 is 5.97 Å². The van der Waals surface area contributed by atoms with Gasteiger partial charge in [-0.05, 0) is 36.8 Å². The van der Waals surface area contributed by atoms with Gasteiger partial charge in [0.1, 0.15) is 11.4 Å². The second-order valence-electron chi connectivity index (χ2n) is 6.43. The summed E-state index contributed by atoms with van der Waals surface area (Å²) in [6.45, 7) is 10.4. The summed E-state index contributed by atoms with van der Waals surface area (Å²) in [6, 6.07) is 3.41. The van der Waals surface area contributed by atoms with Gasteiger partial charge < -0.3 is 10.0 Å². The van der Waals surface area contributed by atoms with Crippen molar-refractivity contribution in [3.05, 3.63) is 23.4 Å². The first-order valence-corrected chi connectivity index (χ1v) is 6.75. The van der Waals surface area contributed by atoms with Crippen molar-refractivity contribution in [3.8, 4) is 0 Å². The normalized spacial score (nSPS) is 19.8. The first-order chi connectivity index (χ1) is 8.79. The lowest BCUT2D eigenvalue weighted by atomic mass is 9.80. The number of aromatic nitrogens is 1. The maximum atomic E-state index is 11.3. The van der Waals surface area contributed by atoms with Crippen LogP contribution in [0.5, 0.6) is 0 Å². The molecule has 1 aromatic rings. The maximum absolute atomic E-state index is 11.3. The van der Waals surface area contributed by atoms with Crippen LogP contribution in [0.25, 0.3) is 0 Å². The molecule has 1 atom stereocenters. The summed E-state index contributed by atoms with van der Waals surface area (Å²) in [5.74, 6) is 0.303. The van der Waals surface area contributed by atoms with E-state index in [1.807, 2.05) is 6.92 Å². The fourth-order valence-electron chi connectivity index (χ4n) is 2.61. The number of carboxylic acids is 1. The predicted octanol–water partition coefficient (Wildman–Crippen LogP) is 2.96. The summed E-state index contributed by atoms with van der Waals surface area (Å²) in [4.78, 5) is 17.9. The summed E-state index contributed by atoms with van der Waals surface area (Å²) in [5, 5.41) is 9.28. The van der Waals surface area contributed by atoms with E-state index in [9.17, 15) is 9.90 Å². The first kappa shape index (κ1) is 13.8. The second kappa shape index (κ2) is 4.83. The number of anilines is 1. The number of nitrogens with zero attached hydrogens (tertiary/aromatic N) is 2. The van der Waals surface area contributed by atoms with Gasteiger partial charge in [0.15, 0.2) is 0 Å². The molecule has 0 spiro atoms. The lowest BCUT2D eigenvalue weighted by Gasteiger charge is -2.27. The van der Waals surface area contributed by atoms with Crippen LogP contribution in [0.3, 0.4) is 0 Å². The highest BCUT2D eigenvalue weighted by Crippen LogP contribution is 2.36. The fourth-order valence-corrected chi connectivity index (χ4v) is 2.61. The standard InChI is InChI=1S/C15H22N2O2/c1-10-5-6-12(14(18)19)13(16-10)17-8-7-11(9-17)15(2,3)4/h5-6,11H,7-9H2,1-4H3,(H,18,19). The van der Waals surface area contributed by atoms with Crippen molar-refractivity contribution in [1.29, 1.82) is 0 Å². The molecule has 0 saturated carbocycles. The van der Waals surface area contributed by atoms with Crippen LogP contribution in [0.15, 0.2) is 12.1 Å². The van der Waals surface area contributed by atoms with E-state index in [1.54, 1.807) is 12.1 Å². The van der Waals surface area contributed by atoms with Crippen LogP contribution in [-0.4, -0.2) is 29.1 Å². The molecule has 1 N–H and O–H groups in total. The molecule has 0 amide bonds. The van der Waals surface area contributed by atoms with E-state index in [-0.39, 0.29) is 5.41 Å². The molecule has 2 heterocycles. The van der Waals surface area contributed by atoms with E-state index in [4.69, 9.17) is 0 Å². The topological polar surface area (TPSA) is 53.4 Å². The van der Waals surface area contributed by atoms with Gasteiger partial charge in [-0.15, -0.1) is 0 Å². The monoisotopic (exact) mass is 262 g/mol. The first-order valence-electron chi connectivity index (χ1n) is 6.75. The highest BCUT2D eigenvalue weighted by molar-refractivity contribution is 5.93. The summed E-state index contributed by atoms with van der Waals surface area (Å²) < 4.78 is 0. The lowest BCUT2D eigenvalue weighted by Crippen LogP contribution is -2.27. The van der Waals surface area contributed by atoms with Gasteiger partial charge in [0.05, 0.1) is 0 Å². The van der Waals surface area contributed by atoms with Gasteiger partial charge in [-0.3, -0.25) is 0 Å². The summed E-state index contributed by atoms with van der Waals surface area (Å²) in [7, 11) is 0. The number of rotatable bonds is 2. The SMILES string of the molecule is Cc1ccc(C(=O)O)c(N2CCC(C(C)(C)C)C2)n1. The number of hydrogen-bond acceptors (Lipinski definition) is 3. The summed E-state index contributed by atoms with van der Waals surface area (Å²) in [5.41, 5.74) is 1.42. The van der Waals surface area contributed by atoms with Gasteiger partial charge in [0.25, 0.3) is 0 Å². The van der Waals surface area contributed by atoms with Gasteiger partial charge in [-0.1, -0.05) is 20.8 Å². The average Bonchev–Trinajstić information content (AvgIpc) is 2.77. The molecule has 1 aromatic heterocycles. The highest BCUT2D eigenvalue weighted by atomic mass is 16.4. The van der Waals surface area contributed by atoms with Crippen molar-refractivity contribution in [2.45, 2.75) is 34.1 Å². The Morgan fingerprint density at radius 2 is 2.11 bits per heavy atom. The second-order valence-corrected chi connectivity index (χ2v) is 6.43. The third-order valence-corrected chi connectivity index (χ3v) is 3.96. The van der Waals surface area contributed by atoms with E-state index in [0.29, 0.717) is 17.3 Å². The number of carbonyl (C=O) groups is 1. The number of carboxylic acid groups (broad SMARTS) is 1. The minimum atomic E-state index is -0.901. The van der Waals surface area contributed by atoms with Crippen molar-refractivity contribution in [2.24, 2.45) is 11.3 Å². The van der Waals surface area contributed by atoms with Crippen LogP contribution < -0.4 is 4.90 Å². The van der Waals surface area contributed by atoms with Crippen LogP contribution in [0.4, 0.5) is 5.82 Å². The zero-order chi connectivity index (χ0) is 14.2. The van der Waals surface area contributed by atoms with E-state index in [1.165, 1.54) is 0 Å². The molecule has 1 aliphatic rings. The Balaban J connectivity index is 2.28. The van der Waals surface area contributed by atoms with Crippen molar-refractivity contribution in [1.82, 2.24) is 4.98 Å². The molecule has 1 unspecified atom stereocenters. The Kier molecular flexibility index (Phi) is 3.52. The smallest absolute Gasteiger partial charge is 0.339 e. The zero-order valence-corrected chi connectivity index (χ0v) is 12.1. The Morgan fingerprint density at radius 3 is 2.63 bits per heavy atom. The Bertz CT molecular complexity index is 491. The molecule has 19 heavy (non-hydrogen) atoms. The molecule has 104 valence electrons. The number of pyridine rings is 1. The molecule has 1 aliphatic heterocycles. The Labute approximate surface area is 114 Å². The Hall–Kier alpha value is -1.58. The molecule has 1 fully saturated rings. The molecule has 4 nitrogen and oxygen atoms in total. The fraction of sp³-hybridized carbons (Fsp3) is 0.600. The largest absolute Gasteiger partial charge is 0.478 e. The molecule has 0 aromatic carbocycles. The van der Waals surface area contributed by atoms with Crippen LogP contribution in [-0.2, 0) is 0 Å². The van der Waals surface area contributed by atoms with Crippen molar-refractivity contribution >= 4 is 11.8 Å². The number of hydrogen-bond donors (Lipinski definition) is 1. The lowest BCUT2D eigenvalue weighted by molar-refractivity contribution is 0.0697. The minimum absolute atomic E-state index is 0.252. The van der Waals surface area contributed by atoms with E-state index >= 15 is 0 Å². The van der Waals surface area contributed by atoms with Gasteiger partial charge in [0.2, 0.25) is 0 Å².